The molecule has 1 rings (SSSR count). The van der Waals surface area contributed by atoms with Crippen molar-refractivity contribution in [2.24, 2.45) is 0 Å². The molecule has 0 aliphatic carbocycles. The minimum atomic E-state index is -0.478. The first-order chi connectivity index (χ1) is 8.79. The molecular weight excluding hydrogens is 260 g/mol. The number of nitriles is 1. The first-order valence-corrected chi connectivity index (χ1v) is 7.05. The second-order valence-electron chi connectivity index (χ2n) is 5.55. The molecule has 0 aromatic carbocycles. The maximum absolute atomic E-state index is 9.28. The summed E-state index contributed by atoms with van der Waals surface area (Å²) in [6, 6.07) is 2.66. The molecule has 5 heteroatoms. The monoisotopic (exact) mass is 282 g/mol. The zero-order valence-corrected chi connectivity index (χ0v) is 13.2. The van der Waals surface area contributed by atoms with E-state index >= 15 is 0 Å². The van der Waals surface area contributed by atoms with E-state index in [1.807, 2.05) is 25.5 Å². The van der Waals surface area contributed by atoms with Gasteiger partial charge >= 0.3 is 0 Å². The molecule has 1 unspecified atom stereocenters. The first-order valence-electron chi connectivity index (χ1n) is 6.67. The van der Waals surface area contributed by atoms with Gasteiger partial charge in [-0.2, -0.15) is 10.4 Å². The standard InChI is InChI=1S/C14H23ClN4/c1-10(2)17-14(5,9-16)7-6-8-19-12(4)13(15)11(3)18-19/h10,17H,6-8H2,1-5H3. The lowest BCUT2D eigenvalue weighted by atomic mass is 9.96. The van der Waals surface area contributed by atoms with E-state index in [2.05, 4.69) is 30.3 Å². The number of nitrogens with zero attached hydrogens (tertiary/aromatic N) is 3. The van der Waals surface area contributed by atoms with Gasteiger partial charge in [0, 0.05) is 12.6 Å². The van der Waals surface area contributed by atoms with E-state index in [1.165, 1.54) is 0 Å². The normalized spacial score (nSPS) is 14.4. The van der Waals surface area contributed by atoms with E-state index in [0.29, 0.717) is 6.04 Å². The van der Waals surface area contributed by atoms with Crippen LogP contribution in [0.5, 0.6) is 0 Å². The Morgan fingerprint density at radius 2 is 2.11 bits per heavy atom. The van der Waals surface area contributed by atoms with Crippen molar-refractivity contribution >= 4 is 11.6 Å². The van der Waals surface area contributed by atoms with Gasteiger partial charge in [0.15, 0.2) is 0 Å². The molecule has 1 aromatic heterocycles. The predicted octanol–water partition coefficient (Wildman–Crippen LogP) is 3.21. The van der Waals surface area contributed by atoms with Crippen LogP contribution in [0.1, 0.15) is 45.0 Å². The summed E-state index contributed by atoms with van der Waals surface area (Å²) in [4.78, 5) is 0. The summed E-state index contributed by atoms with van der Waals surface area (Å²) in [5.41, 5.74) is 1.38. The maximum Gasteiger partial charge on any atom is 0.104 e. The van der Waals surface area contributed by atoms with Crippen LogP contribution in [0.2, 0.25) is 5.02 Å². The van der Waals surface area contributed by atoms with Gasteiger partial charge in [0.25, 0.3) is 0 Å². The minimum absolute atomic E-state index is 0.299. The molecule has 0 aliphatic rings. The Labute approximate surface area is 120 Å². The number of aromatic nitrogens is 2. The SMILES string of the molecule is Cc1nn(CCCC(C)(C#N)NC(C)C)c(C)c1Cl. The summed E-state index contributed by atoms with van der Waals surface area (Å²) >= 11 is 6.12. The van der Waals surface area contributed by atoms with Crippen LogP contribution in [-0.2, 0) is 6.54 Å². The van der Waals surface area contributed by atoms with Gasteiger partial charge in [0.05, 0.1) is 22.5 Å². The van der Waals surface area contributed by atoms with E-state index in [0.717, 1.165) is 35.8 Å². The Morgan fingerprint density at radius 3 is 2.53 bits per heavy atom. The van der Waals surface area contributed by atoms with Gasteiger partial charge in [-0.1, -0.05) is 11.6 Å². The highest BCUT2D eigenvalue weighted by atomic mass is 35.5. The largest absolute Gasteiger partial charge is 0.297 e. The molecule has 0 saturated carbocycles. The number of halogens is 1. The molecule has 1 aromatic rings. The molecule has 19 heavy (non-hydrogen) atoms. The molecule has 0 spiro atoms. The van der Waals surface area contributed by atoms with Crippen LogP contribution in [0, 0.1) is 25.2 Å². The molecule has 0 radical (unpaired) electrons. The predicted molar refractivity (Wildman–Crippen MR) is 78.2 cm³/mol. The highest BCUT2D eigenvalue weighted by Crippen LogP contribution is 2.20. The third-order valence-corrected chi connectivity index (χ3v) is 3.74. The van der Waals surface area contributed by atoms with Gasteiger partial charge in [-0.05, 0) is 47.5 Å². The Kier molecular flexibility index (Phi) is 5.39. The molecule has 1 atom stereocenters. The topological polar surface area (TPSA) is 53.6 Å². The number of hydrogen-bond acceptors (Lipinski definition) is 3. The summed E-state index contributed by atoms with van der Waals surface area (Å²) in [7, 11) is 0. The highest BCUT2D eigenvalue weighted by Gasteiger charge is 2.23. The van der Waals surface area contributed by atoms with Crippen LogP contribution in [-0.4, -0.2) is 21.4 Å². The van der Waals surface area contributed by atoms with Crippen molar-refractivity contribution in [3.63, 3.8) is 0 Å². The Morgan fingerprint density at radius 1 is 1.47 bits per heavy atom. The third kappa shape index (κ3) is 4.22. The van der Waals surface area contributed by atoms with Gasteiger partial charge in [-0.25, -0.2) is 0 Å². The Balaban J connectivity index is 2.58. The first kappa shape index (κ1) is 16.0. The van der Waals surface area contributed by atoms with Crippen molar-refractivity contribution in [3.8, 4) is 6.07 Å². The lowest BCUT2D eigenvalue weighted by molar-refractivity contribution is 0.360. The molecule has 106 valence electrons. The van der Waals surface area contributed by atoms with E-state index < -0.39 is 5.54 Å². The van der Waals surface area contributed by atoms with Crippen LogP contribution < -0.4 is 5.32 Å². The van der Waals surface area contributed by atoms with E-state index in [9.17, 15) is 5.26 Å². The van der Waals surface area contributed by atoms with Gasteiger partial charge in [-0.3, -0.25) is 10.00 Å². The number of aryl methyl sites for hydroxylation is 2. The third-order valence-electron chi connectivity index (χ3n) is 3.19. The fraction of sp³-hybridized carbons (Fsp3) is 0.714. The summed E-state index contributed by atoms with van der Waals surface area (Å²) in [5, 5.41) is 17.7. The van der Waals surface area contributed by atoms with Crippen molar-refractivity contribution in [2.45, 2.75) is 65.6 Å². The molecule has 0 saturated heterocycles. The highest BCUT2D eigenvalue weighted by molar-refractivity contribution is 6.31. The molecular formula is C14H23ClN4. The zero-order chi connectivity index (χ0) is 14.6. The fourth-order valence-electron chi connectivity index (χ4n) is 2.27. The average molecular weight is 283 g/mol. The van der Waals surface area contributed by atoms with Crippen LogP contribution in [0.4, 0.5) is 0 Å². The quantitative estimate of drug-likeness (QED) is 0.872. The lowest BCUT2D eigenvalue weighted by Crippen LogP contribution is -2.45. The lowest BCUT2D eigenvalue weighted by Gasteiger charge is -2.25. The second-order valence-corrected chi connectivity index (χ2v) is 5.93. The summed E-state index contributed by atoms with van der Waals surface area (Å²) in [5.74, 6) is 0. The number of rotatable bonds is 6. The van der Waals surface area contributed by atoms with Gasteiger partial charge in [0.2, 0.25) is 0 Å². The van der Waals surface area contributed by atoms with Crippen molar-refractivity contribution < 1.29 is 0 Å². The molecule has 0 aliphatic heterocycles. The van der Waals surface area contributed by atoms with E-state index in [4.69, 9.17) is 11.6 Å². The molecule has 1 heterocycles. The smallest absolute Gasteiger partial charge is 0.104 e. The van der Waals surface area contributed by atoms with Crippen molar-refractivity contribution in [2.75, 3.05) is 0 Å². The molecule has 0 bridgehead atoms. The summed E-state index contributed by atoms with van der Waals surface area (Å²) in [6.07, 6.45) is 1.68. The average Bonchev–Trinajstić information content (AvgIpc) is 2.56. The molecule has 0 amide bonds. The maximum atomic E-state index is 9.28. The number of hydrogen-bond donors (Lipinski definition) is 1. The van der Waals surface area contributed by atoms with Gasteiger partial charge < -0.3 is 0 Å². The van der Waals surface area contributed by atoms with Crippen LogP contribution >= 0.6 is 11.6 Å². The molecule has 0 fully saturated rings. The van der Waals surface area contributed by atoms with Gasteiger partial charge in [-0.15, -0.1) is 0 Å². The van der Waals surface area contributed by atoms with Crippen molar-refractivity contribution in [1.29, 1.82) is 5.26 Å². The summed E-state index contributed by atoms with van der Waals surface area (Å²) < 4.78 is 1.92. The van der Waals surface area contributed by atoms with Crippen LogP contribution in [0.3, 0.4) is 0 Å². The van der Waals surface area contributed by atoms with E-state index in [-0.39, 0.29) is 0 Å². The van der Waals surface area contributed by atoms with Crippen molar-refractivity contribution in [3.05, 3.63) is 16.4 Å². The molecule has 4 nitrogen and oxygen atoms in total. The van der Waals surface area contributed by atoms with Crippen molar-refractivity contribution in [1.82, 2.24) is 15.1 Å². The van der Waals surface area contributed by atoms with Crippen LogP contribution in [0.25, 0.3) is 0 Å². The molecule has 1 N–H and O–H groups in total. The second kappa shape index (κ2) is 6.40. The Hall–Kier alpha value is -1.05. The Bertz CT molecular complexity index is 473. The summed E-state index contributed by atoms with van der Waals surface area (Å²) in [6.45, 7) is 10.7. The zero-order valence-electron chi connectivity index (χ0n) is 12.4. The fourth-order valence-corrected chi connectivity index (χ4v) is 2.41. The van der Waals surface area contributed by atoms with Gasteiger partial charge in [0.1, 0.15) is 5.54 Å². The number of nitrogens with one attached hydrogen (secondary N) is 1. The van der Waals surface area contributed by atoms with E-state index in [1.54, 1.807) is 0 Å². The minimum Gasteiger partial charge on any atom is -0.297 e. The van der Waals surface area contributed by atoms with Crippen LogP contribution in [0.15, 0.2) is 0 Å².